The first-order chi connectivity index (χ1) is 14.0. The van der Waals surface area contributed by atoms with Crippen LogP contribution in [0.25, 0.3) is 0 Å². The molecule has 3 saturated heterocycles. The van der Waals surface area contributed by atoms with Crippen molar-refractivity contribution in [1.82, 2.24) is 41.0 Å². The van der Waals surface area contributed by atoms with Gasteiger partial charge in [-0.2, -0.15) is 14.1 Å². The summed E-state index contributed by atoms with van der Waals surface area (Å²) in [5.41, 5.74) is 2.42. The van der Waals surface area contributed by atoms with Crippen LogP contribution in [0.3, 0.4) is 0 Å². The van der Waals surface area contributed by atoms with Crippen molar-refractivity contribution in [2.24, 2.45) is 5.92 Å². The molecule has 3 N–H and O–H groups in total. The highest BCUT2D eigenvalue weighted by Gasteiger charge is 2.48. The number of urea groups is 1. The van der Waals surface area contributed by atoms with Crippen molar-refractivity contribution in [1.29, 1.82) is 0 Å². The largest absolute Gasteiger partial charge is 0.346 e. The Morgan fingerprint density at radius 2 is 2.31 bits per heavy atom. The van der Waals surface area contributed by atoms with Gasteiger partial charge in [-0.25, -0.2) is 10.3 Å². The molecule has 0 aliphatic carbocycles. The molecule has 0 saturated carbocycles. The molecule has 15 heteroatoms. The van der Waals surface area contributed by atoms with E-state index in [9.17, 15) is 13.8 Å². The molecule has 4 rings (SSSR count). The Kier molecular flexibility index (Phi) is 6.00. The molecule has 2 bridgehead atoms. The third-order valence-corrected chi connectivity index (χ3v) is 5.64. The number of carbonyl (C=O) groups excluding carboxylic acids is 2. The van der Waals surface area contributed by atoms with Gasteiger partial charge in [0.25, 0.3) is 5.91 Å². The van der Waals surface area contributed by atoms with E-state index in [1.165, 1.54) is 11.2 Å². The summed E-state index contributed by atoms with van der Waals surface area (Å²) in [4.78, 5) is 33.0. The zero-order valence-electron chi connectivity index (χ0n) is 15.4. The molecule has 0 aromatic carbocycles. The van der Waals surface area contributed by atoms with Crippen LogP contribution in [0, 0.1) is 5.92 Å². The number of aromatic nitrogens is 4. The SMILES string of the molecule is O=C(NOC[C@H]1C[C@@H](Cn2ncnn2)CN1)C1CCC2CN1C(=O)N2OS(=O)O. The molecule has 0 radical (unpaired) electrons. The predicted molar refractivity (Wildman–Crippen MR) is 94.4 cm³/mol. The molecule has 14 nitrogen and oxygen atoms in total. The topological polar surface area (TPSA) is 164 Å². The number of piperidine rings is 1. The van der Waals surface area contributed by atoms with E-state index in [1.54, 1.807) is 4.80 Å². The molecule has 3 unspecified atom stereocenters. The van der Waals surface area contributed by atoms with Crippen molar-refractivity contribution in [3.05, 3.63) is 6.33 Å². The maximum atomic E-state index is 12.5. The molecule has 3 aliphatic heterocycles. The van der Waals surface area contributed by atoms with E-state index in [-0.39, 0.29) is 25.2 Å². The molecular formula is C14H22N8O6S. The van der Waals surface area contributed by atoms with Gasteiger partial charge < -0.3 is 10.2 Å². The molecule has 3 aliphatic rings. The van der Waals surface area contributed by atoms with Crippen molar-refractivity contribution in [2.45, 2.75) is 43.9 Å². The third kappa shape index (κ3) is 4.53. The quantitative estimate of drug-likeness (QED) is 0.311. The van der Waals surface area contributed by atoms with Gasteiger partial charge in [-0.1, -0.05) is 0 Å². The van der Waals surface area contributed by atoms with Gasteiger partial charge in [-0.15, -0.1) is 14.5 Å². The summed E-state index contributed by atoms with van der Waals surface area (Å²) in [6.45, 7) is 2.00. The van der Waals surface area contributed by atoms with Gasteiger partial charge in [0, 0.05) is 19.1 Å². The first-order valence-corrected chi connectivity index (χ1v) is 10.3. The number of hydrogen-bond donors (Lipinski definition) is 3. The molecule has 0 spiro atoms. The van der Waals surface area contributed by atoms with Crippen LogP contribution in [0.5, 0.6) is 0 Å². The summed E-state index contributed by atoms with van der Waals surface area (Å²) in [7, 11) is 0. The zero-order chi connectivity index (χ0) is 20.4. The molecule has 3 fully saturated rings. The number of hydroxylamine groups is 3. The van der Waals surface area contributed by atoms with Gasteiger partial charge in [0.15, 0.2) is 6.33 Å². The standard InChI is InChI=1S/C14H22N8O6S/c23-13(12-2-1-11-6-20(12)14(24)22(11)28-29(25)26)18-27-7-10-3-9(4-15-10)5-21-17-8-16-19-21/h8-12,15H,1-7H2,(H,18,23)(H,25,26)/t9-,10-,11?,12?/m1/s1. The van der Waals surface area contributed by atoms with Crippen LogP contribution >= 0.6 is 0 Å². The van der Waals surface area contributed by atoms with E-state index in [0.717, 1.165) is 18.0 Å². The highest BCUT2D eigenvalue weighted by atomic mass is 32.2. The van der Waals surface area contributed by atoms with Gasteiger partial charge in [0.05, 0.1) is 19.2 Å². The first kappa shape index (κ1) is 20.1. The fraction of sp³-hybridized carbons (Fsp3) is 0.786. The minimum Gasteiger partial charge on any atom is -0.311 e. The minimum atomic E-state index is -2.59. The Labute approximate surface area is 168 Å². The van der Waals surface area contributed by atoms with Gasteiger partial charge in [-0.3, -0.25) is 14.2 Å². The highest BCUT2D eigenvalue weighted by molar-refractivity contribution is 7.74. The summed E-state index contributed by atoms with van der Waals surface area (Å²) < 4.78 is 24.3. The second kappa shape index (κ2) is 8.66. The first-order valence-electron chi connectivity index (χ1n) is 9.26. The zero-order valence-corrected chi connectivity index (χ0v) is 16.2. The lowest BCUT2D eigenvalue weighted by Crippen LogP contribution is -2.50. The number of hydrogen-bond acceptors (Lipinski definition) is 9. The van der Waals surface area contributed by atoms with Gasteiger partial charge in [0.1, 0.15) is 6.04 Å². The normalized spacial score (nSPS) is 30.0. The van der Waals surface area contributed by atoms with Crippen molar-refractivity contribution >= 4 is 23.3 Å². The summed E-state index contributed by atoms with van der Waals surface area (Å²) >= 11 is -2.59. The number of amides is 3. The van der Waals surface area contributed by atoms with Crippen molar-refractivity contribution < 1.29 is 27.5 Å². The summed E-state index contributed by atoms with van der Waals surface area (Å²) in [5, 5.41) is 15.7. The Morgan fingerprint density at radius 1 is 1.45 bits per heavy atom. The third-order valence-electron chi connectivity index (χ3n) is 5.35. The van der Waals surface area contributed by atoms with Crippen LogP contribution in [0.15, 0.2) is 6.33 Å². The maximum absolute atomic E-state index is 12.5. The van der Waals surface area contributed by atoms with Crippen molar-refractivity contribution in [3.8, 4) is 0 Å². The monoisotopic (exact) mass is 430 g/mol. The van der Waals surface area contributed by atoms with E-state index in [0.29, 0.717) is 25.3 Å². The Bertz CT molecular complexity index is 765. The average Bonchev–Trinajstić information content (AvgIpc) is 3.41. The van der Waals surface area contributed by atoms with Crippen molar-refractivity contribution in [2.75, 3.05) is 19.7 Å². The number of nitrogens with zero attached hydrogens (tertiary/aromatic N) is 6. The summed E-state index contributed by atoms with van der Waals surface area (Å²) in [5.74, 6) is -0.0841. The molecular weight excluding hydrogens is 408 g/mol. The lowest BCUT2D eigenvalue weighted by Gasteiger charge is -2.29. The molecule has 5 atom stereocenters. The molecule has 4 heterocycles. The summed E-state index contributed by atoms with van der Waals surface area (Å²) in [6.07, 6.45) is 3.14. The minimum absolute atomic E-state index is 0.0800. The fourth-order valence-electron chi connectivity index (χ4n) is 4.02. The van der Waals surface area contributed by atoms with E-state index >= 15 is 0 Å². The van der Waals surface area contributed by atoms with Crippen LogP contribution in [0.2, 0.25) is 0 Å². The molecule has 1 aromatic rings. The molecule has 29 heavy (non-hydrogen) atoms. The van der Waals surface area contributed by atoms with Crippen molar-refractivity contribution in [3.63, 3.8) is 0 Å². The molecule has 1 aromatic heterocycles. The number of fused-ring (bicyclic) bond motifs is 2. The summed E-state index contributed by atoms with van der Waals surface area (Å²) in [6, 6.07) is -1.57. The van der Waals surface area contributed by atoms with Gasteiger partial charge in [-0.05, 0) is 30.4 Å². The lowest BCUT2D eigenvalue weighted by molar-refractivity contribution is -0.139. The maximum Gasteiger partial charge on any atom is 0.346 e. The Morgan fingerprint density at radius 3 is 3.07 bits per heavy atom. The highest BCUT2D eigenvalue weighted by Crippen LogP contribution is 2.30. The Hall–Kier alpha value is -2.20. The van der Waals surface area contributed by atoms with E-state index in [2.05, 4.69) is 30.5 Å². The van der Waals surface area contributed by atoms with Crippen LogP contribution in [-0.2, 0) is 31.8 Å². The van der Waals surface area contributed by atoms with Crippen LogP contribution in [-0.4, -0.2) is 88.7 Å². The van der Waals surface area contributed by atoms with Crippen LogP contribution in [0.4, 0.5) is 4.79 Å². The molecule has 3 amide bonds. The number of rotatable bonds is 8. The second-order valence-electron chi connectivity index (χ2n) is 7.27. The van der Waals surface area contributed by atoms with E-state index in [1.807, 2.05) is 0 Å². The van der Waals surface area contributed by atoms with E-state index in [4.69, 9.17) is 9.39 Å². The predicted octanol–water partition coefficient (Wildman–Crippen LogP) is -1.96. The van der Waals surface area contributed by atoms with Crippen LogP contribution < -0.4 is 10.8 Å². The number of nitrogens with one attached hydrogen (secondary N) is 2. The van der Waals surface area contributed by atoms with Gasteiger partial charge in [0.2, 0.25) is 0 Å². The molecule has 160 valence electrons. The van der Waals surface area contributed by atoms with Crippen LogP contribution in [0.1, 0.15) is 19.3 Å². The average molecular weight is 430 g/mol. The van der Waals surface area contributed by atoms with Gasteiger partial charge >= 0.3 is 17.4 Å². The lowest BCUT2D eigenvalue weighted by atomic mass is 10.0. The smallest absolute Gasteiger partial charge is 0.311 e. The number of tetrazole rings is 1. The Balaban J connectivity index is 1.20. The fourth-order valence-corrected chi connectivity index (χ4v) is 4.35. The number of carbonyl (C=O) groups is 2. The second-order valence-corrected chi connectivity index (χ2v) is 7.86. The van der Waals surface area contributed by atoms with E-state index < -0.39 is 29.3 Å².